The predicted octanol–water partition coefficient (Wildman–Crippen LogP) is 4.94. The number of hydrogen-bond acceptors (Lipinski definition) is 4. The minimum absolute atomic E-state index is 0.225. The molecule has 29 heavy (non-hydrogen) atoms. The van der Waals surface area contributed by atoms with Gasteiger partial charge >= 0.3 is 5.97 Å². The first-order chi connectivity index (χ1) is 14.0. The lowest BCUT2D eigenvalue weighted by atomic mass is 10.0. The largest absolute Gasteiger partial charge is 0.467 e. The Labute approximate surface area is 168 Å². The van der Waals surface area contributed by atoms with E-state index < -0.39 is 5.97 Å². The molecule has 0 radical (unpaired) electrons. The van der Waals surface area contributed by atoms with Crippen molar-refractivity contribution in [1.82, 2.24) is 4.57 Å². The Morgan fingerprint density at radius 3 is 2.55 bits per heavy atom. The van der Waals surface area contributed by atoms with E-state index in [-0.39, 0.29) is 12.4 Å². The number of aromatic nitrogens is 1. The summed E-state index contributed by atoms with van der Waals surface area (Å²) in [6, 6.07) is 18.6. The minimum atomic E-state index is -0.500. The summed E-state index contributed by atoms with van der Waals surface area (Å²) in [4.78, 5) is 25.3. The van der Waals surface area contributed by atoms with Crippen LogP contribution in [0.15, 0.2) is 71.3 Å². The number of furan rings is 1. The van der Waals surface area contributed by atoms with Crippen LogP contribution in [0.2, 0.25) is 0 Å². The van der Waals surface area contributed by atoms with Crippen molar-refractivity contribution in [3.05, 3.63) is 95.2 Å². The number of rotatable bonds is 6. The number of ketones is 1. The first-order valence-corrected chi connectivity index (χ1v) is 9.42. The van der Waals surface area contributed by atoms with Crippen molar-refractivity contribution < 1.29 is 18.7 Å². The van der Waals surface area contributed by atoms with Gasteiger partial charge in [0.05, 0.1) is 18.4 Å². The highest BCUT2D eigenvalue weighted by Crippen LogP contribution is 2.21. The van der Waals surface area contributed by atoms with E-state index in [1.165, 1.54) is 0 Å². The van der Waals surface area contributed by atoms with E-state index >= 15 is 0 Å². The highest BCUT2D eigenvalue weighted by molar-refractivity contribution is 6.06. The van der Waals surface area contributed by atoms with E-state index in [2.05, 4.69) is 0 Å². The third-order valence-corrected chi connectivity index (χ3v) is 5.11. The van der Waals surface area contributed by atoms with Gasteiger partial charge in [0.15, 0.2) is 6.61 Å². The fourth-order valence-electron chi connectivity index (χ4n) is 3.58. The van der Waals surface area contributed by atoms with Gasteiger partial charge in [0, 0.05) is 17.0 Å². The lowest BCUT2D eigenvalue weighted by Gasteiger charge is -2.09. The van der Waals surface area contributed by atoms with Gasteiger partial charge in [0.2, 0.25) is 5.78 Å². The second kappa shape index (κ2) is 7.80. The third-order valence-electron chi connectivity index (χ3n) is 5.11. The number of carbonyl (C=O) groups is 2. The van der Waals surface area contributed by atoms with Gasteiger partial charge in [-0.15, -0.1) is 0 Å². The Kier molecular flexibility index (Phi) is 5.04. The van der Waals surface area contributed by atoms with E-state index in [1.807, 2.05) is 73.0 Å². The first-order valence-electron chi connectivity index (χ1n) is 9.42. The Morgan fingerprint density at radius 2 is 1.76 bits per heavy atom. The standard InChI is InChI=1S/C24H21NO4/c1-16-13-22(17(2)25(16)14-19-9-6-12-28-19)23(26)15-29-24(27)21-11-5-8-18-7-3-4-10-20(18)21/h3-13H,14-15H2,1-2H3. The highest BCUT2D eigenvalue weighted by atomic mass is 16.5. The Balaban J connectivity index is 1.49. The number of aryl methyl sites for hydroxylation is 1. The van der Waals surface area contributed by atoms with Crippen LogP contribution in [0.25, 0.3) is 10.8 Å². The second-order valence-electron chi connectivity index (χ2n) is 6.98. The van der Waals surface area contributed by atoms with Gasteiger partial charge in [-0.2, -0.15) is 0 Å². The van der Waals surface area contributed by atoms with E-state index in [1.54, 1.807) is 12.3 Å². The number of nitrogens with zero attached hydrogens (tertiary/aromatic N) is 1. The molecule has 0 N–H and O–H groups in total. The number of fused-ring (bicyclic) bond motifs is 1. The van der Waals surface area contributed by atoms with Crippen LogP contribution in [-0.2, 0) is 11.3 Å². The molecule has 5 heteroatoms. The van der Waals surface area contributed by atoms with E-state index in [0.29, 0.717) is 17.7 Å². The SMILES string of the molecule is Cc1cc(C(=O)COC(=O)c2cccc3ccccc23)c(C)n1Cc1ccco1. The molecule has 5 nitrogen and oxygen atoms in total. The highest BCUT2D eigenvalue weighted by Gasteiger charge is 2.19. The lowest BCUT2D eigenvalue weighted by molar-refractivity contribution is 0.0476. The molecular formula is C24H21NO4. The molecule has 0 spiro atoms. The maximum Gasteiger partial charge on any atom is 0.339 e. The fourth-order valence-corrected chi connectivity index (χ4v) is 3.58. The molecule has 0 saturated carbocycles. The molecule has 0 bridgehead atoms. The van der Waals surface area contributed by atoms with Crippen molar-refractivity contribution in [2.45, 2.75) is 20.4 Å². The molecule has 0 atom stereocenters. The van der Waals surface area contributed by atoms with Crippen LogP contribution >= 0.6 is 0 Å². The first kappa shape index (κ1) is 18.7. The van der Waals surface area contributed by atoms with Crippen LogP contribution in [-0.4, -0.2) is 22.9 Å². The quantitative estimate of drug-likeness (QED) is 0.347. The molecule has 146 valence electrons. The molecule has 4 aromatic rings. The summed E-state index contributed by atoms with van der Waals surface area (Å²) in [7, 11) is 0. The zero-order valence-electron chi connectivity index (χ0n) is 16.3. The van der Waals surface area contributed by atoms with Crippen LogP contribution in [0.3, 0.4) is 0 Å². The normalized spacial score (nSPS) is 11.0. The van der Waals surface area contributed by atoms with E-state index in [4.69, 9.17) is 9.15 Å². The Hall–Kier alpha value is -3.60. The number of hydrogen-bond donors (Lipinski definition) is 0. The van der Waals surface area contributed by atoms with Crippen LogP contribution in [0.4, 0.5) is 0 Å². The van der Waals surface area contributed by atoms with Gasteiger partial charge in [0.1, 0.15) is 5.76 Å². The molecule has 2 aromatic carbocycles. The molecule has 0 aliphatic rings. The van der Waals surface area contributed by atoms with Gasteiger partial charge in [-0.25, -0.2) is 4.79 Å². The number of esters is 1. The number of benzene rings is 2. The van der Waals surface area contributed by atoms with Crippen LogP contribution in [0, 0.1) is 13.8 Å². The fraction of sp³-hybridized carbons (Fsp3) is 0.167. The van der Waals surface area contributed by atoms with Crippen molar-refractivity contribution in [1.29, 1.82) is 0 Å². The second-order valence-corrected chi connectivity index (χ2v) is 6.98. The summed E-state index contributed by atoms with van der Waals surface area (Å²) in [5, 5.41) is 1.76. The predicted molar refractivity (Wildman–Crippen MR) is 110 cm³/mol. The van der Waals surface area contributed by atoms with Crippen molar-refractivity contribution in [3.8, 4) is 0 Å². The van der Waals surface area contributed by atoms with Crippen molar-refractivity contribution in [2.24, 2.45) is 0 Å². The molecule has 0 unspecified atom stereocenters. The maximum atomic E-state index is 12.7. The van der Waals surface area contributed by atoms with Crippen LogP contribution < -0.4 is 0 Å². The molecule has 4 rings (SSSR count). The van der Waals surface area contributed by atoms with Crippen LogP contribution in [0.1, 0.15) is 37.9 Å². The van der Waals surface area contributed by atoms with Gasteiger partial charge < -0.3 is 13.7 Å². The summed E-state index contributed by atoms with van der Waals surface area (Å²) in [6.07, 6.45) is 1.63. The Bertz CT molecular complexity index is 1180. The average molecular weight is 387 g/mol. The van der Waals surface area contributed by atoms with Gasteiger partial charge in [0.25, 0.3) is 0 Å². The van der Waals surface area contributed by atoms with Gasteiger partial charge in [-0.3, -0.25) is 4.79 Å². The topological polar surface area (TPSA) is 61.4 Å². The van der Waals surface area contributed by atoms with E-state index in [9.17, 15) is 9.59 Å². The van der Waals surface area contributed by atoms with Gasteiger partial charge in [-0.05, 0) is 48.9 Å². The molecule has 0 amide bonds. The molecule has 0 aliphatic heterocycles. The maximum absolute atomic E-state index is 12.7. The summed E-state index contributed by atoms with van der Waals surface area (Å²) >= 11 is 0. The summed E-state index contributed by atoms with van der Waals surface area (Å²) in [6.45, 7) is 4.07. The molecule has 0 fully saturated rings. The van der Waals surface area contributed by atoms with E-state index in [0.717, 1.165) is 27.9 Å². The number of carbonyl (C=O) groups excluding carboxylic acids is 2. The molecular weight excluding hydrogens is 366 g/mol. The zero-order valence-corrected chi connectivity index (χ0v) is 16.3. The Morgan fingerprint density at radius 1 is 0.966 bits per heavy atom. The number of Topliss-reactive ketones (excluding diaryl/α,β-unsaturated/α-hetero) is 1. The smallest absolute Gasteiger partial charge is 0.339 e. The minimum Gasteiger partial charge on any atom is -0.467 e. The third kappa shape index (κ3) is 3.72. The van der Waals surface area contributed by atoms with Crippen molar-refractivity contribution >= 4 is 22.5 Å². The van der Waals surface area contributed by atoms with Crippen molar-refractivity contribution in [2.75, 3.05) is 6.61 Å². The van der Waals surface area contributed by atoms with Gasteiger partial charge in [-0.1, -0.05) is 36.4 Å². The van der Waals surface area contributed by atoms with Crippen molar-refractivity contribution in [3.63, 3.8) is 0 Å². The molecule has 2 aromatic heterocycles. The monoisotopic (exact) mass is 387 g/mol. The van der Waals surface area contributed by atoms with Crippen LogP contribution in [0.5, 0.6) is 0 Å². The summed E-state index contributed by atoms with van der Waals surface area (Å²) in [5.74, 6) is 0.0881. The lowest BCUT2D eigenvalue weighted by Crippen LogP contribution is -2.15. The summed E-state index contributed by atoms with van der Waals surface area (Å²) < 4.78 is 12.8. The summed E-state index contributed by atoms with van der Waals surface area (Å²) in [5.41, 5.74) is 2.78. The molecule has 2 heterocycles. The zero-order chi connectivity index (χ0) is 20.4. The average Bonchev–Trinajstić information content (AvgIpc) is 3.35. The molecule has 0 saturated heterocycles. The number of ether oxygens (including phenoxy) is 1. The molecule has 0 aliphatic carbocycles.